The summed E-state index contributed by atoms with van der Waals surface area (Å²) in [6.45, 7) is 2.95. The van der Waals surface area contributed by atoms with Crippen LogP contribution in [0, 0.1) is 5.92 Å². The first kappa shape index (κ1) is 22.2. The Morgan fingerprint density at radius 3 is 2.12 bits per heavy atom. The van der Waals surface area contributed by atoms with Crippen molar-refractivity contribution in [3.63, 3.8) is 0 Å². The second kappa shape index (κ2) is 11.6. The maximum absolute atomic E-state index is 12.2. The number of carbonyl (C=O) groups is 1. The highest BCUT2D eigenvalue weighted by molar-refractivity contribution is 5.76. The lowest BCUT2D eigenvalue weighted by atomic mass is 9.89. The molecule has 2 aromatic carbocycles. The summed E-state index contributed by atoms with van der Waals surface area (Å²) in [5.41, 5.74) is 3.69. The minimum Gasteiger partial charge on any atom is -0.356 e. The highest BCUT2D eigenvalue weighted by Gasteiger charge is 2.27. The van der Waals surface area contributed by atoms with Crippen molar-refractivity contribution in [3.8, 4) is 0 Å². The first-order valence-corrected chi connectivity index (χ1v) is 11.8. The van der Waals surface area contributed by atoms with Gasteiger partial charge in [0.1, 0.15) is 0 Å². The van der Waals surface area contributed by atoms with Crippen molar-refractivity contribution in [2.24, 2.45) is 5.92 Å². The van der Waals surface area contributed by atoms with Gasteiger partial charge in [-0.3, -0.25) is 14.7 Å². The maximum atomic E-state index is 12.2. The molecule has 4 nitrogen and oxygen atoms in total. The molecule has 1 amide bonds. The van der Waals surface area contributed by atoms with Crippen LogP contribution in [0.25, 0.3) is 0 Å². The van der Waals surface area contributed by atoms with E-state index in [0.29, 0.717) is 24.8 Å². The van der Waals surface area contributed by atoms with Gasteiger partial charge in [-0.25, -0.2) is 0 Å². The molecule has 166 valence electrons. The van der Waals surface area contributed by atoms with Gasteiger partial charge in [-0.2, -0.15) is 0 Å². The Hall–Kier alpha value is -2.98. The molecule has 32 heavy (non-hydrogen) atoms. The third kappa shape index (κ3) is 6.27. The normalized spacial score (nSPS) is 15.0. The predicted octanol–water partition coefficient (Wildman–Crippen LogP) is 5.02. The summed E-state index contributed by atoms with van der Waals surface area (Å²) in [7, 11) is 0. The lowest BCUT2D eigenvalue weighted by molar-refractivity contribution is -0.121. The summed E-state index contributed by atoms with van der Waals surface area (Å²) >= 11 is 0. The summed E-state index contributed by atoms with van der Waals surface area (Å²) in [6.07, 6.45) is 6.40. The standard InChI is InChI=1S/C28H33N3O/c32-27(15-14-26-13-7-8-19-29-26)30-20-16-23-17-21-31(22-18-23)28(24-9-3-1-4-10-24)25-11-5-2-6-12-25/h1-13,19,23,28H,14-18,20-22H2,(H,30,32). The van der Waals surface area contributed by atoms with Crippen LogP contribution < -0.4 is 5.32 Å². The average molecular weight is 428 g/mol. The number of amides is 1. The van der Waals surface area contributed by atoms with Gasteiger partial charge < -0.3 is 5.32 Å². The topological polar surface area (TPSA) is 45.2 Å². The fourth-order valence-electron chi connectivity index (χ4n) is 4.68. The maximum Gasteiger partial charge on any atom is 0.220 e. The summed E-state index contributed by atoms with van der Waals surface area (Å²) in [6, 6.07) is 27.8. The number of aromatic nitrogens is 1. The number of hydrogen-bond donors (Lipinski definition) is 1. The molecule has 1 aromatic heterocycles. The van der Waals surface area contributed by atoms with Crippen molar-refractivity contribution in [1.82, 2.24) is 15.2 Å². The van der Waals surface area contributed by atoms with Gasteiger partial charge in [-0.05, 0) is 68.0 Å². The molecule has 1 saturated heterocycles. The summed E-state index contributed by atoms with van der Waals surface area (Å²) in [5, 5.41) is 3.11. The molecule has 0 aliphatic carbocycles. The number of piperidine rings is 1. The van der Waals surface area contributed by atoms with Gasteiger partial charge >= 0.3 is 0 Å². The van der Waals surface area contributed by atoms with Crippen LogP contribution in [-0.4, -0.2) is 35.4 Å². The van der Waals surface area contributed by atoms with Crippen LogP contribution in [0.1, 0.15) is 48.5 Å². The summed E-state index contributed by atoms with van der Waals surface area (Å²) < 4.78 is 0. The van der Waals surface area contributed by atoms with Crippen molar-refractivity contribution >= 4 is 5.91 Å². The van der Waals surface area contributed by atoms with E-state index in [4.69, 9.17) is 0 Å². The van der Waals surface area contributed by atoms with E-state index in [9.17, 15) is 4.79 Å². The molecule has 4 heteroatoms. The Kier molecular flexibility index (Phi) is 8.05. The molecule has 1 N–H and O–H groups in total. The minimum absolute atomic E-state index is 0.126. The van der Waals surface area contributed by atoms with Crippen molar-refractivity contribution in [2.45, 2.75) is 38.1 Å². The van der Waals surface area contributed by atoms with Gasteiger partial charge in [-0.1, -0.05) is 66.7 Å². The molecule has 0 radical (unpaired) electrons. The number of hydrogen-bond acceptors (Lipinski definition) is 3. The van der Waals surface area contributed by atoms with Crippen LogP contribution in [-0.2, 0) is 11.2 Å². The van der Waals surface area contributed by atoms with Gasteiger partial charge in [0.2, 0.25) is 5.91 Å². The number of aryl methyl sites for hydroxylation is 1. The van der Waals surface area contributed by atoms with Gasteiger partial charge in [0, 0.05) is 24.9 Å². The number of rotatable bonds is 9. The van der Waals surface area contributed by atoms with Crippen LogP contribution in [0.2, 0.25) is 0 Å². The number of pyridine rings is 1. The molecule has 1 fully saturated rings. The number of carbonyl (C=O) groups excluding carboxylic acids is 1. The van der Waals surface area contributed by atoms with Gasteiger partial charge in [0.25, 0.3) is 0 Å². The number of nitrogens with one attached hydrogen (secondary N) is 1. The van der Waals surface area contributed by atoms with Gasteiger partial charge in [0.15, 0.2) is 0 Å². The lowest BCUT2D eigenvalue weighted by Gasteiger charge is -2.38. The Morgan fingerprint density at radius 1 is 0.906 bits per heavy atom. The number of nitrogens with zero attached hydrogens (tertiary/aromatic N) is 2. The Labute approximate surface area is 191 Å². The Balaban J connectivity index is 1.24. The van der Waals surface area contributed by atoms with E-state index in [2.05, 4.69) is 75.9 Å². The zero-order valence-corrected chi connectivity index (χ0v) is 18.7. The highest BCUT2D eigenvalue weighted by atomic mass is 16.1. The van der Waals surface area contributed by atoms with Crippen LogP contribution in [0.4, 0.5) is 0 Å². The molecule has 0 bridgehead atoms. The fourth-order valence-corrected chi connectivity index (χ4v) is 4.68. The second-order valence-corrected chi connectivity index (χ2v) is 8.66. The molecule has 1 aliphatic rings. The first-order valence-electron chi connectivity index (χ1n) is 11.8. The van der Waals surface area contributed by atoms with E-state index < -0.39 is 0 Å². The van der Waals surface area contributed by atoms with Gasteiger partial charge in [0.05, 0.1) is 6.04 Å². The van der Waals surface area contributed by atoms with E-state index in [0.717, 1.165) is 31.7 Å². The first-order chi connectivity index (χ1) is 15.8. The average Bonchev–Trinajstić information content (AvgIpc) is 2.86. The van der Waals surface area contributed by atoms with Crippen molar-refractivity contribution in [3.05, 3.63) is 102 Å². The van der Waals surface area contributed by atoms with E-state index >= 15 is 0 Å². The quantitative estimate of drug-likeness (QED) is 0.521. The third-order valence-electron chi connectivity index (χ3n) is 6.45. The van der Waals surface area contributed by atoms with E-state index in [-0.39, 0.29) is 5.91 Å². The SMILES string of the molecule is O=C(CCc1ccccn1)NCCC1CCN(C(c2ccccc2)c2ccccc2)CC1. The fraction of sp³-hybridized carbons (Fsp3) is 0.357. The van der Waals surface area contributed by atoms with E-state index in [1.165, 1.54) is 24.0 Å². The molecule has 0 spiro atoms. The van der Waals surface area contributed by atoms with Crippen LogP contribution in [0.15, 0.2) is 85.1 Å². The van der Waals surface area contributed by atoms with Crippen LogP contribution in [0.5, 0.6) is 0 Å². The second-order valence-electron chi connectivity index (χ2n) is 8.66. The zero-order valence-electron chi connectivity index (χ0n) is 18.7. The smallest absolute Gasteiger partial charge is 0.220 e. The molecule has 0 atom stereocenters. The number of likely N-dealkylation sites (tertiary alicyclic amines) is 1. The minimum atomic E-state index is 0.126. The van der Waals surface area contributed by atoms with Crippen LogP contribution >= 0.6 is 0 Å². The Bertz CT molecular complexity index is 899. The van der Waals surface area contributed by atoms with E-state index in [1.807, 2.05) is 18.2 Å². The summed E-state index contributed by atoms with van der Waals surface area (Å²) in [5.74, 6) is 0.802. The molecule has 3 aromatic rings. The molecule has 0 unspecified atom stereocenters. The molecule has 2 heterocycles. The predicted molar refractivity (Wildman–Crippen MR) is 129 cm³/mol. The van der Waals surface area contributed by atoms with Crippen LogP contribution in [0.3, 0.4) is 0 Å². The molecule has 0 saturated carbocycles. The molecule has 1 aliphatic heterocycles. The third-order valence-corrected chi connectivity index (χ3v) is 6.45. The van der Waals surface area contributed by atoms with E-state index in [1.54, 1.807) is 6.20 Å². The van der Waals surface area contributed by atoms with Crippen molar-refractivity contribution in [1.29, 1.82) is 0 Å². The molecular weight excluding hydrogens is 394 g/mol. The van der Waals surface area contributed by atoms with Crippen molar-refractivity contribution in [2.75, 3.05) is 19.6 Å². The van der Waals surface area contributed by atoms with Crippen molar-refractivity contribution < 1.29 is 4.79 Å². The molecule has 4 rings (SSSR count). The lowest BCUT2D eigenvalue weighted by Crippen LogP contribution is -2.38. The monoisotopic (exact) mass is 427 g/mol. The van der Waals surface area contributed by atoms with Gasteiger partial charge in [-0.15, -0.1) is 0 Å². The largest absolute Gasteiger partial charge is 0.356 e. The Morgan fingerprint density at radius 2 is 1.53 bits per heavy atom. The molecular formula is C28H33N3O. The zero-order chi connectivity index (χ0) is 22.0. The number of benzene rings is 2. The highest BCUT2D eigenvalue weighted by Crippen LogP contribution is 2.32. The summed E-state index contributed by atoms with van der Waals surface area (Å²) in [4.78, 5) is 19.1.